The van der Waals surface area contributed by atoms with Crippen molar-refractivity contribution in [3.05, 3.63) is 23.5 Å². The first kappa shape index (κ1) is 11.7. The third-order valence-corrected chi connectivity index (χ3v) is 3.38. The quantitative estimate of drug-likeness (QED) is 0.773. The van der Waals surface area contributed by atoms with Crippen LogP contribution in [0.25, 0.3) is 0 Å². The molecule has 2 heterocycles. The van der Waals surface area contributed by atoms with Gasteiger partial charge in [-0.25, -0.2) is 0 Å². The molecule has 2 rings (SSSR count). The molecule has 1 aliphatic heterocycles. The Morgan fingerprint density at radius 3 is 2.31 bits per heavy atom. The van der Waals surface area contributed by atoms with E-state index in [1.807, 2.05) is 0 Å². The number of nitrogens with zero attached hydrogens (tertiary/aromatic N) is 2. The zero-order valence-corrected chi connectivity index (χ0v) is 10.4. The molecule has 90 valence electrons. The normalized spacial score (nSPS) is 17.9. The lowest BCUT2D eigenvalue weighted by Crippen LogP contribution is -2.37. The molecule has 0 saturated carbocycles. The van der Waals surface area contributed by atoms with E-state index in [9.17, 15) is 0 Å². The van der Waals surface area contributed by atoms with Crippen LogP contribution in [0.2, 0.25) is 0 Å². The smallest absolute Gasteiger partial charge is 0.0594 e. The zero-order valence-electron chi connectivity index (χ0n) is 10.4. The standard InChI is InChI=1S/C13H22N2O/c1-12-4-5-13(2)15(12)7-3-6-14-8-10-16-11-9-14/h4-5H,3,6-11H2,1-2H3. The lowest BCUT2D eigenvalue weighted by atomic mass is 10.3. The molecule has 0 bridgehead atoms. The molecule has 1 fully saturated rings. The first-order valence-corrected chi connectivity index (χ1v) is 6.20. The number of morpholine rings is 1. The molecular weight excluding hydrogens is 200 g/mol. The second kappa shape index (κ2) is 5.51. The van der Waals surface area contributed by atoms with Crippen LogP contribution in [0.4, 0.5) is 0 Å². The van der Waals surface area contributed by atoms with Crippen LogP contribution < -0.4 is 0 Å². The van der Waals surface area contributed by atoms with E-state index < -0.39 is 0 Å². The van der Waals surface area contributed by atoms with Crippen molar-refractivity contribution in [3.63, 3.8) is 0 Å². The number of hydrogen-bond acceptors (Lipinski definition) is 2. The Labute approximate surface area is 98.0 Å². The van der Waals surface area contributed by atoms with E-state index in [2.05, 4.69) is 35.4 Å². The first-order valence-electron chi connectivity index (χ1n) is 6.20. The second-order valence-electron chi connectivity index (χ2n) is 4.58. The summed E-state index contributed by atoms with van der Waals surface area (Å²) in [6, 6.07) is 4.40. The Bertz CT molecular complexity index is 307. The highest BCUT2D eigenvalue weighted by Crippen LogP contribution is 2.08. The van der Waals surface area contributed by atoms with E-state index in [1.54, 1.807) is 0 Å². The molecule has 3 heteroatoms. The minimum atomic E-state index is 0.904. The summed E-state index contributed by atoms with van der Waals surface area (Å²) < 4.78 is 7.75. The molecule has 16 heavy (non-hydrogen) atoms. The molecule has 0 amide bonds. The Morgan fingerprint density at radius 1 is 1.06 bits per heavy atom. The molecule has 1 saturated heterocycles. The van der Waals surface area contributed by atoms with E-state index >= 15 is 0 Å². The maximum absolute atomic E-state index is 5.34. The SMILES string of the molecule is Cc1ccc(C)n1CCCN1CCOCC1. The summed E-state index contributed by atoms with van der Waals surface area (Å²) in [6.07, 6.45) is 1.23. The van der Waals surface area contributed by atoms with Gasteiger partial charge in [-0.2, -0.15) is 0 Å². The maximum atomic E-state index is 5.34. The summed E-state index contributed by atoms with van der Waals surface area (Å²) in [5.41, 5.74) is 2.75. The Hall–Kier alpha value is -0.800. The Morgan fingerprint density at radius 2 is 1.69 bits per heavy atom. The lowest BCUT2D eigenvalue weighted by Gasteiger charge is -2.26. The van der Waals surface area contributed by atoms with Crippen molar-refractivity contribution in [1.82, 2.24) is 9.47 Å². The molecule has 1 aliphatic rings. The fraction of sp³-hybridized carbons (Fsp3) is 0.692. The first-order chi connectivity index (χ1) is 7.77. The number of ether oxygens (including phenoxy) is 1. The largest absolute Gasteiger partial charge is 0.379 e. The summed E-state index contributed by atoms with van der Waals surface area (Å²) in [4.78, 5) is 2.50. The molecule has 1 aromatic rings. The third kappa shape index (κ3) is 2.86. The Kier molecular flexibility index (Phi) is 4.02. The molecule has 0 atom stereocenters. The van der Waals surface area contributed by atoms with E-state index in [1.165, 1.54) is 24.4 Å². The van der Waals surface area contributed by atoms with Crippen LogP contribution in [0.1, 0.15) is 17.8 Å². The van der Waals surface area contributed by atoms with Gasteiger partial charge in [0.2, 0.25) is 0 Å². The predicted octanol–water partition coefficient (Wildman–Crippen LogP) is 1.83. The number of aryl methyl sites for hydroxylation is 2. The highest BCUT2D eigenvalue weighted by atomic mass is 16.5. The van der Waals surface area contributed by atoms with Crippen molar-refractivity contribution >= 4 is 0 Å². The van der Waals surface area contributed by atoms with Crippen LogP contribution in [-0.2, 0) is 11.3 Å². The summed E-state index contributed by atoms with van der Waals surface area (Å²) >= 11 is 0. The second-order valence-corrected chi connectivity index (χ2v) is 4.58. The van der Waals surface area contributed by atoms with Gasteiger partial charge < -0.3 is 9.30 Å². The molecule has 0 N–H and O–H groups in total. The van der Waals surface area contributed by atoms with Crippen molar-refractivity contribution in [3.8, 4) is 0 Å². The van der Waals surface area contributed by atoms with Crippen LogP contribution in [0.5, 0.6) is 0 Å². The fourth-order valence-electron chi connectivity index (χ4n) is 2.33. The summed E-state index contributed by atoms with van der Waals surface area (Å²) in [7, 11) is 0. The van der Waals surface area contributed by atoms with Gasteiger partial charge in [-0.05, 0) is 32.4 Å². The van der Waals surface area contributed by atoms with Crippen LogP contribution in [0.3, 0.4) is 0 Å². The Balaban J connectivity index is 1.75. The van der Waals surface area contributed by atoms with Gasteiger partial charge >= 0.3 is 0 Å². The van der Waals surface area contributed by atoms with Crippen LogP contribution in [-0.4, -0.2) is 42.3 Å². The molecule has 0 unspecified atom stereocenters. The summed E-state index contributed by atoms with van der Waals surface area (Å²) in [5, 5.41) is 0. The zero-order chi connectivity index (χ0) is 11.4. The molecule has 0 aromatic carbocycles. The fourth-order valence-corrected chi connectivity index (χ4v) is 2.33. The topological polar surface area (TPSA) is 17.4 Å². The third-order valence-electron chi connectivity index (χ3n) is 3.38. The number of aromatic nitrogens is 1. The van der Waals surface area contributed by atoms with E-state index in [-0.39, 0.29) is 0 Å². The predicted molar refractivity (Wildman–Crippen MR) is 65.8 cm³/mol. The number of hydrogen-bond donors (Lipinski definition) is 0. The van der Waals surface area contributed by atoms with Crippen molar-refractivity contribution in [2.45, 2.75) is 26.8 Å². The van der Waals surface area contributed by atoms with Crippen molar-refractivity contribution in [2.75, 3.05) is 32.8 Å². The average Bonchev–Trinajstić information content (AvgIpc) is 2.62. The van der Waals surface area contributed by atoms with Crippen LogP contribution in [0, 0.1) is 13.8 Å². The van der Waals surface area contributed by atoms with Gasteiger partial charge in [0.25, 0.3) is 0 Å². The van der Waals surface area contributed by atoms with Crippen molar-refractivity contribution in [1.29, 1.82) is 0 Å². The van der Waals surface area contributed by atoms with Crippen LogP contribution in [0.15, 0.2) is 12.1 Å². The lowest BCUT2D eigenvalue weighted by molar-refractivity contribution is 0.0369. The molecule has 0 spiro atoms. The van der Waals surface area contributed by atoms with E-state index in [0.29, 0.717) is 0 Å². The van der Waals surface area contributed by atoms with Gasteiger partial charge in [-0.15, -0.1) is 0 Å². The maximum Gasteiger partial charge on any atom is 0.0594 e. The van der Waals surface area contributed by atoms with Gasteiger partial charge in [0.15, 0.2) is 0 Å². The summed E-state index contributed by atoms with van der Waals surface area (Å²) in [6.45, 7) is 10.7. The number of rotatable bonds is 4. The van der Waals surface area contributed by atoms with E-state index in [4.69, 9.17) is 4.74 Å². The summed E-state index contributed by atoms with van der Waals surface area (Å²) in [5.74, 6) is 0. The highest BCUT2D eigenvalue weighted by Gasteiger charge is 2.09. The van der Waals surface area contributed by atoms with Crippen molar-refractivity contribution < 1.29 is 4.74 Å². The minimum absolute atomic E-state index is 0.904. The average molecular weight is 222 g/mol. The van der Waals surface area contributed by atoms with Crippen molar-refractivity contribution in [2.24, 2.45) is 0 Å². The van der Waals surface area contributed by atoms with Gasteiger partial charge in [0.1, 0.15) is 0 Å². The molecular formula is C13H22N2O. The minimum Gasteiger partial charge on any atom is -0.379 e. The van der Waals surface area contributed by atoms with Gasteiger partial charge in [-0.1, -0.05) is 0 Å². The molecule has 3 nitrogen and oxygen atoms in total. The van der Waals surface area contributed by atoms with Gasteiger partial charge in [0.05, 0.1) is 13.2 Å². The molecule has 1 aromatic heterocycles. The molecule has 0 aliphatic carbocycles. The molecule has 0 radical (unpaired) electrons. The monoisotopic (exact) mass is 222 g/mol. The van der Waals surface area contributed by atoms with Gasteiger partial charge in [0, 0.05) is 37.6 Å². The van der Waals surface area contributed by atoms with Gasteiger partial charge in [-0.3, -0.25) is 4.90 Å². The highest BCUT2D eigenvalue weighted by molar-refractivity contribution is 5.13. The van der Waals surface area contributed by atoms with Crippen LogP contribution >= 0.6 is 0 Å². The van der Waals surface area contributed by atoms with E-state index in [0.717, 1.165) is 32.8 Å².